The van der Waals surface area contributed by atoms with Crippen LogP contribution in [0.2, 0.25) is 0 Å². The number of nitrogens with two attached hydrogens (primary N) is 1. The fourth-order valence-electron chi connectivity index (χ4n) is 3.82. The zero-order valence-corrected chi connectivity index (χ0v) is 17.7. The van der Waals surface area contributed by atoms with Crippen molar-refractivity contribution in [1.82, 2.24) is 20.1 Å². The molecule has 0 saturated carbocycles. The number of aromatic nitrogens is 3. The monoisotopic (exact) mass is 447 g/mol. The summed E-state index contributed by atoms with van der Waals surface area (Å²) in [6, 6.07) is 3.25. The molecule has 3 heterocycles. The van der Waals surface area contributed by atoms with Gasteiger partial charge in [0.15, 0.2) is 5.82 Å². The molecule has 4 rings (SSSR count). The molecule has 1 atom stereocenters. The van der Waals surface area contributed by atoms with Crippen LogP contribution in [0.4, 0.5) is 30.5 Å². The van der Waals surface area contributed by atoms with E-state index in [4.69, 9.17) is 5.73 Å². The maximum Gasteiger partial charge on any atom is 0.273 e. The molecule has 0 radical (unpaired) electrons. The number of rotatable bonds is 5. The van der Waals surface area contributed by atoms with Gasteiger partial charge in [-0.3, -0.25) is 4.79 Å². The lowest BCUT2D eigenvalue weighted by molar-refractivity contribution is 0.146. The number of hydrogen-bond acceptors (Lipinski definition) is 7. The summed E-state index contributed by atoms with van der Waals surface area (Å²) in [7, 11) is 2.05. The van der Waals surface area contributed by atoms with Crippen molar-refractivity contribution in [1.29, 1.82) is 0 Å². The number of benzene rings is 1. The van der Waals surface area contributed by atoms with Crippen LogP contribution in [0.1, 0.15) is 30.5 Å². The van der Waals surface area contributed by atoms with Gasteiger partial charge in [-0.1, -0.05) is 0 Å². The van der Waals surface area contributed by atoms with Crippen LogP contribution in [0.5, 0.6) is 0 Å². The molecule has 3 aromatic rings. The second-order valence-electron chi connectivity index (χ2n) is 7.96. The summed E-state index contributed by atoms with van der Waals surface area (Å²) in [5, 5.41) is 10.3. The summed E-state index contributed by atoms with van der Waals surface area (Å²) in [4.78, 5) is 21.0. The van der Waals surface area contributed by atoms with Gasteiger partial charge in [-0.15, -0.1) is 0 Å². The molecule has 2 aromatic heterocycles. The Morgan fingerprint density at radius 1 is 1.12 bits per heavy atom. The number of aromatic amines is 1. The molecule has 1 unspecified atom stereocenters. The first kappa shape index (κ1) is 21.9. The first-order valence-corrected chi connectivity index (χ1v) is 10.2. The molecule has 1 aromatic carbocycles. The van der Waals surface area contributed by atoms with Crippen LogP contribution in [-0.2, 0) is 0 Å². The van der Waals surface area contributed by atoms with Crippen molar-refractivity contribution in [3.8, 4) is 0 Å². The summed E-state index contributed by atoms with van der Waals surface area (Å²) in [5.41, 5.74) is 4.56. The summed E-state index contributed by atoms with van der Waals surface area (Å²) in [5.74, 6) is -0.0446. The van der Waals surface area contributed by atoms with Gasteiger partial charge in [-0.2, -0.15) is 5.10 Å². The highest BCUT2D eigenvalue weighted by Crippen LogP contribution is 2.32. The van der Waals surface area contributed by atoms with E-state index >= 15 is 0 Å². The smallest absolute Gasteiger partial charge is 0.273 e. The molecule has 0 spiro atoms. The minimum atomic E-state index is -2.99. The largest absolute Gasteiger partial charge is 0.399 e. The van der Waals surface area contributed by atoms with Crippen LogP contribution in [0, 0.1) is 5.82 Å². The topological polar surface area (TPSA) is 103 Å². The molecule has 32 heavy (non-hydrogen) atoms. The number of nitrogens with one attached hydrogen (secondary N) is 2. The number of fused-ring (bicyclic) bond motifs is 1. The molecule has 0 aliphatic carbocycles. The highest BCUT2D eigenvalue weighted by Gasteiger charge is 2.22. The molecular formula is C21H24F3N7O. The van der Waals surface area contributed by atoms with E-state index in [1.807, 2.05) is 7.05 Å². The molecule has 0 bridgehead atoms. The van der Waals surface area contributed by atoms with E-state index in [-0.39, 0.29) is 17.1 Å². The third kappa shape index (κ3) is 4.20. The molecule has 4 N–H and O–H groups in total. The van der Waals surface area contributed by atoms with Crippen molar-refractivity contribution in [3.63, 3.8) is 0 Å². The maximum absolute atomic E-state index is 14.7. The van der Waals surface area contributed by atoms with Crippen LogP contribution in [0.3, 0.4) is 0 Å². The average molecular weight is 447 g/mol. The molecule has 11 heteroatoms. The highest BCUT2D eigenvalue weighted by molar-refractivity contribution is 5.92. The zero-order valence-electron chi connectivity index (χ0n) is 17.7. The van der Waals surface area contributed by atoms with E-state index in [0.717, 1.165) is 32.2 Å². The summed E-state index contributed by atoms with van der Waals surface area (Å²) in [6.07, 6.45) is -1.51. The number of hydrogen-bond donors (Lipinski definition) is 3. The van der Waals surface area contributed by atoms with Gasteiger partial charge >= 0.3 is 0 Å². The number of nitrogens with zero attached hydrogens (tertiary/aromatic N) is 4. The molecule has 8 nitrogen and oxygen atoms in total. The molecule has 170 valence electrons. The molecule has 0 amide bonds. The first-order valence-electron chi connectivity index (χ1n) is 10.2. The third-order valence-electron chi connectivity index (χ3n) is 5.69. The van der Waals surface area contributed by atoms with Crippen molar-refractivity contribution < 1.29 is 13.2 Å². The maximum atomic E-state index is 14.7. The fourth-order valence-corrected chi connectivity index (χ4v) is 3.82. The number of H-pyrrole nitrogens is 1. The molecule has 1 fully saturated rings. The van der Waals surface area contributed by atoms with E-state index < -0.39 is 29.4 Å². The Morgan fingerprint density at radius 2 is 1.81 bits per heavy atom. The highest BCUT2D eigenvalue weighted by atomic mass is 19.3. The number of halogens is 3. The average Bonchev–Trinajstić information content (AvgIpc) is 2.77. The number of likely N-dealkylation sites (N-methyl/N-ethyl adjacent to an activating group) is 1. The van der Waals surface area contributed by atoms with Crippen molar-refractivity contribution in [2.24, 2.45) is 0 Å². The van der Waals surface area contributed by atoms with Crippen LogP contribution >= 0.6 is 0 Å². The number of anilines is 3. The second-order valence-corrected chi connectivity index (χ2v) is 7.96. The van der Waals surface area contributed by atoms with Crippen molar-refractivity contribution in [3.05, 3.63) is 51.7 Å². The van der Waals surface area contributed by atoms with Gasteiger partial charge in [-0.25, -0.2) is 23.3 Å². The van der Waals surface area contributed by atoms with Gasteiger partial charge in [0.1, 0.15) is 11.6 Å². The normalized spacial score (nSPS) is 16.0. The fraction of sp³-hybridized carbons (Fsp3) is 0.381. The van der Waals surface area contributed by atoms with Gasteiger partial charge in [0.25, 0.3) is 12.0 Å². The number of alkyl halides is 2. The quantitative estimate of drug-likeness (QED) is 0.517. The molecule has 1 aliphatic heterocycles. The van der Waals surface area contributed by atoms with Crippen LogP contribution in [-0.4, -0.2) is 53.3 Å². The van der Waals surface area contributed by atoms with E-state index in [1.165, 1.54) is 12.3 Å². The summed E-state index contributed by atoms with van der Waals surface area (Å²) in [6.45, 7) is 4.95. The Kier molecular flexibility index (Phi) is 5.92. The van der Waals surface area contributed by atoms with E-state index in [9.17, 15) is 18.0 Å². The summed E-state index contributed by atoms with van der Waals surface area (Å²) < 4.78 is 41.1. The third-order valence-corrected chi connectivity index (χ3v) is 5.69. The standard InChI is InChI=1S/C21H24F3N7O/c1-11(13-7-12(25)8-15(18(13)22)19(23)24)27-20-14-9-17(31-5-3-30(2)4-6-31)26-10-16(14)21(32)29-28-20/h7-11,19H,3-6,25H2,1-2H3,(H,27,28)(H,29,32). The Balaban J connectivity index is 1.71. The van der Waals surface area contributed by atoms with Gasteiger partial charge in [0.05, 0.1) is 17.0 Å². The molecule has 1 saturated heterocycles. The predicted octanol–water partition coefficient (Wildman–Crippen LogP) is 2.90. The lowest BCUT2D eigenvalue weighted by Gasteiger charge is -2.33. The van der Waals surface area contributed by atoms with Gasteiger partial charge in [0, 0.05) is 49.0 Å². The van der Waals surface area contributed by atoms with Crippen LogP contribution in [0.25, 0.3) is 10.8 Å². The van der Waals surface area contributed by atoms with E-state index in [2.05, 4.69) is 30.3 Å². The molecular weight excluding hydrogens is 423 g/mol. The lowest BCUT2D eigenvalue weighted by atomic mass is 10.0. The zero-order chi connectivity index (χ0) is 23.0. The summed E-state index contributed by atoms with van der Waals surface area (Å²) >= 11 is 0. The van der Waals surface area contributed by atoms with Crippen molar-refractivity contribution >= 4 is 28.1 Å². The Hall–Kier alpha value is -3.34. The van der Waals surface area contributed by atoms with Gasteiger partial charge in [-0.05, 0) is 32.2 Å². The van der Waals surface area contributed by atoms with E-state index in [0.29, 0.717) is 16.6 Å². The predicted molar refractivity (Wildman–Crippen MR) is 118 cm³/mol. The van der Waals surface area contributed by atoms with Crippen molar-refractivity contribution in [2.75, 3.05) is 49.2 Å². The first-order chi connectivity index (χ1) is 15.2. The number of nitrogen functional groups attached to an aromatic ring is 1. The van der Waals surface area contributed by atoms with Crippen molar-refractivity contribution in [2.45, 2.75) is 19.4 Å². The minimum Gasteiger partial charge on any atom is -0.399 e. The van der Waals surface area contributed by atoms with Crippen LogP contribution in [0.15, 0.2) is 29.2 Å². The Bertz CT molecular complexity index is 1190. The second kappa shape index (κ2) is 8.65. The Labute approximate surface area is 182 Å². The number of piperazine rings is 1. The van der Waals surface area contributed by atoms with Crippen LogP contribution < -0.4 is 21.5 Å². The number of pyridine rings is 1. The SMILES string of the molecule is CC(Nc1n[nH]c(=O)c2cnc(N3CCN(C)CC3)cc12)c1cc(N)cc(C(F)F)c1F. The van der Waals surface area contributed by atoms with E-state index in [1.54, 1.807) is 13.0 Å². The van der Waals surface area contributed by atoms with Gasteiger partial charge < -0.3 is 20.9 Å². The minimum absolute atomic E-state index is 0.0187. The molecule has 1 aliphatic rings. The lowest BCUT2D eigenvalue weighted by Crippen LogP contribution is -2.44. The Morgan fingerprint density at radius 3 is 2.50 bits per heavy atom. The van der Waals surface area contributed by atoms with Gasteiger partial charge in [0.2, 0.25) is 0 Å².